The normalized spacial score (nSPS) is 37.7. The van der Waals surface area contributed by atoms with Gasteiger partial charge in [-0.2, -0.15) is 0 Å². The van der Waals surface area contributed by atoms with Gasteiger partial charge >= 0.3 is 0 Å². The lowest BCUT2D eigenvalue weighted by Gasteiger charge is -2.07. The van der Waals surface area contributed by atoms with Gasteiger partial charge in [-0.3, -0.25) is 9.52 Å². The molecule has 4 heteroatoms. The zero-order chi connectivity index (χ0) is 8.65. The van der Waals surface area contributed by atoms with Crippen molar-refractivity contribution in [3.8, 4) is 0 Å². The van der Waals surface area contributed by atoms with Crippen LogP contribution in [-0.4, -0.2) is 21.7 Å². The fourth-order valence-electron chi connectivity index (χ4n) is 1.16. The van der Waals surface area contributed by atoms with Crippen LogP contribution < -0.4 is 4.72 Å². The van der Waals surface area contributed by atoms with Crippen LogP contribution in [0.1, 0.15) is 13.8 Å². The first kappa shape index (κ1) is 8.59. The molecule has 2 unspecified atom stereocenters. The van der Waals surface area contributed by atoms with E-state index in [1.807, 2.05) is 13.8 Å². The molecule has 1 aliphatic heterocycles. The summed E-state index contributed by atoms with van der Waals surface area (Å²) in [6, 6.07) is 0. The Morgan fingerprint density at radius 1 is 1.73 bits per heavy atom. The summed E-state index contributed by atoms with van der Waals surface area (Å²) in [6.07, 6.45) is 0. The fraction of sp³-hybridized carbons (Fsp3) is 0.714. The minimum absolute atomic E-state index is 0.111. The van der Waals surface area contributed by atoms with Gasteiger partial charge in [-0.1, -0.05) is 13.8 Å². The second-order valence-electron chi connectivity index (χ2n) is 3.30. The van der Waals surface area contributed by atoms with Gasteiger partial charge in [0.25, 0.3) is 0 Å². The van der Waals surface area contributed by atoms with Gasteiger partial charge in [0, 0.05) is 15.5 Å². The number of carbonyl (C=O) groups is 1. The Morgan fingerprint density at radius 2 is 2.27 bits per heavy atom. The predicted molar refractivity (Wildman–Crippen MR) is 46.6 cm³/mol. The molecule has 1 rings (SSSR count). The lowest BCUT2D eigenvalue weighted by atomic mass is 9.98. The topological polar surface area (TPSA) is 46.2 Å². The van der Waals surface area contributed by atoms with Crippen LogP contribution in [-0.2, 0) is 14.5 Å². The third-order valence-electron chi connectivity index (χ3n) is 1.88. The van der Waals surface area contributed by atoms with E-state index in [0.717, 1.165) is 0 Å². The molecule has 0 bridgehead atoms. The average molecular weight is 175 g/mol. The molecule has 11 heavy (non-hydrogen) atoms. The van der Waals surface area contributed by atoms with Crippen LogP contribution in [0.4, 0.5) is 0 Å². The van der Waals surface area contributed by atoms with Crippen LogP contribution >= 0.6 is 0 Å². The Labute approximate surface area is 67.3 Å². The maximum atomic E-state index is 11.3. The van der Waals surface area contributed by atoms with Gasteiger partial charge in [0.1, 0.15) is 0 Å². The first-order chi connectivity index (χ1) is 4.92. The van der Waals surface area contributed by atoms with Crippen LogP contribution in [0, 0.1) is 11.8 Å². The minimum atomic E-state index is -2.29. The van der Waals surface area contributed by atoms with Crippen LogP contribution in [0.25, 0.3) is 0 Å². The van der Waals surface area contributed by atoms with Gasteiger partial charge in [-0.05, 0) is 11.8 Å². The zero-order valence-corrected chi connectivity index (χ0v) is 7.61. The lowest BCUT2D eigenvalue weighted by Crippen LogP contribution is -2.24. The molecule has 1 aliphatic rings. The highest BCUT2D eigenvalue weighted by molar-refractivity contribution is 7.99. The van der Waals surface area contributed by atoms with Gasteiger partial charge in [-0.15, -0.1) is 0 Å². The van der Waals surface area contributed by atoms with Crippen molar-refractivity contribution in [3.05, 3.63) is 0 Å². The standard InChI is InChI=1S/C7H13NO2S/c1-5(2)6-4-11(3,10)8-7(6)9/h5-6H,3-4H2,1-2H3,(H,8,9,10). The quantitative estimate of drug-likeness (QED) is 0.571. The molecule has 0 aromatic rings. The van der Waals surface area contributed by atoms with Crippen molar-refractivity contribution in [1.82, 2.24) is 4.72 Å². The van der Waals surface area contributed by atoms with E-state index in [2.05, 4.69) is 10.6 Å². The van der Waals surface area contributed by atoms with E-state index in [1.54, 1.807) is 0 Å². The molecule has 0 radical (unpaired) electrons. The summed E-state index contributed by atoms with van der Waals surface area (Å²) in [5, 5.41) is 0. The third kappa shape index (κ3) is 1.74. The number of rotatable bonds is 1. The van der Waals surface area contributed by atoms with Gasteiger partial charge in [0.15, 0.2) is 0 Å². The molecule has 0 aromatic heterocycles. The van der Waals surface area contributed by atoms with Crippen LogP contribution in [0.3, 0.4) is 0 Å². The summed E-state index contributed by atoms with van der Waals surface area (Å²) < 4.78 is 13.7. The van der Waals surface area contributed by atoms with Crippen LogP contribution in [0.2, 0.25) is 0 Å². The molecule has 1 heterocycles. The molecule has 3 nitrogen and oxygen atoms in total. The van der Waals surface area contributed by atoms with Crippen molar-refractivity contribution >= 4 is 21.5 Å². The lowest BCUT2D eigenvalue weighted by molar-refractivity contribution is -0.122. The molecule has 64 valence electrons. The summed E-state index contributed by atoms with van der Waals surface area (Å²) in [5.41, 5.74) is 0. The maximum Gasteiger partial charge on any atom is 0.235 e. The Hall–Kier alpha value is -0.510. The van der Waals surface area contributed by atoms with Crippen LogP contribution in [0.15, 0.2) is 0 Å². The summed E-state index contributed by atoms with van der Waals surface area (Å²) in [5.74, 6) is 3.87. The maximum absolute atomic E-state index is 11.3. The molecule has 1 fully saturated rings. The van der Waals surface area contributed by atoms with Crippen LogP contribution in [0.5, 0.6) is 0 Å². The zero-order valence-electron chi connectivity index (χ0n) is 6.79. The third-order valence-corrected chi connectivity index (χ3v) is 3.35. The van der Waals surface area contributed by atoms with Gasteiger partial charge in [0.05, 0.1) is 5.92 Å². The second-order valence-corrected chi connectivity index (χ2v) is 5.46. The first-order valence-electron chi connectivity index (χ1n) is 3.59. The van der Waals surface area contributed by atoms with Gasteiger partial charge in [-0.25, -0.2) is 4.21 Å². The molecule has 2 atom stereocenters. The summed E-state index contributed by atoms with van der Waals surface area (Å²) in [7, 11) is -2.29. The number of amides is 1. The summed E-state index contributed by atoms with van der Waals surface area (Å²) in [4.78, 5) is 11.1. The second kappa shape index (κ2) is 2.52. The molecule has 0 spiro atoms. The fourth-order valence-corrected chi connectivity index (χ4v) is 2.88. The Morgan fingerprint density at radius 3 is 2.45 bits per heavy atom. The predicted octanol–water partition coefficient (Wildman–Crippen LogP) is 0.0198. The van der Waals surface area contributed by atoms with E-state index >= 15 is 0 Å². The Bertz CT molecular complexity index is 266. The van der Waals surface area contributed by atoms with Crippen molar-refractivity contribution in [2.75, 3.05) is 5.75 Å². The van der Waals surface area contributed by atoms with Crippen molar-refractivity contribution in [2.24, 2.45) is 11.8 Å². The van der Waals surface area contributed by atoms with Gasteiger partial charge in [0.2, 0.25) is 5.91 Å². The van der Waals surface area contributed by atoms with E-state index in [0.29, 0.717) is 5.75 Å². The smallest absolute Gasteiger partial charge is 0.235 e. The van der Waals surface area contributed by atoms with E-state index < -0.39 is 9.71 Å². The average Bonchev–Trinajstić information content (AvgIpc) is 2.05. The van der Waals surface area contributed by atoms with Crippen molar-refractivity contribution in [3.63, 3.8) is 0 Å². The monoisotopic (exact) mass is 175 g/mol. The summed E-state index contributed by atoms with van der Waals surface area (Å²) in [6.45, 7) is 3.90. The molecule has 1 saturated heterocycles. The Kier molecular flexibility index (Phi) is 1.96. The van der Waals surface area contributed by atoms with E-state index in [4.69, 9.17) is 0 Å². The van der Waals surface area contributed by atoms with E-state index in [-0.39, 0.29) is 17.7 Å². The SMILES string of the molecule is C=S1(=O)CC(C(C)C)C(=O)N1. The summed E-state index contributed by atoms with van der Waals surface area (Å²) >= 11 is 0. The van der Waals surface area contributed by atoms with Crippen molar-refractivity contribution in [2.45, 2.75) is 13.8 Å². The molecule has 1 amide bonds. The van der Waals surface area contributed by atoms with Crippen molar-refractivity contribution in [1.29, 1.82) is 0 Å². The Balaban J connectivity index is 2.83. The van der Waals surface area contributed by atoms with Gasteiger partial charge < -0.3 is 0 Å². The van der Waals surface area contributed by atoms with Crippen molar-refractivity contribution < 1.29 is 9.00 Å². The number of nitrogens with one attached hydrogen (secondary N) is 1. The highest BCUT2D eigenvalue weighted by atomic mass is 32.2. The number of hydrogen-bond acceptors (Lipinski definition) is 2. The largest absolute Gasteiger partial charge is 0.283 e. The highest BCUT2D eigenvalue weighted by Gasteiger charge is 2.33. The van der Waals surface area contributed by atoms with E-state index in [9.17, 15) is 9.00 Å². The number of hydrogen-bond donors (Lipinski definition) is 1. The molecule has 0 aromatic carbocycles. The number of carbonyl (C=O) groups excluding carboxylic acids is 1. The molecule has 1 N–H and O–H groups in total. The molecular weight excluding hydrogens is 162 g/mol. The molecule has 0 saturated carbocycles. The molecular formula is C7H13NO2S. The first-order valence-corrected chi connectivity index (χ1v) is 5.48. The molecule has 0 aliphatic carbocycles. The van der Waals surface area contributed by atoms with E-state index in [1.165, 1.54) is 0 Å². The highest BCUT2D eigenvalue weighted by Crippen LogP contribution is 2.18. The minimum Gasteiger partial charge on any atom is -0.283 e.